The third kappa shape index (κ3) is 3.02. The van der Waals surface area contributed by atoms with Crippen LogP contribution in [0.5, 0.6) is 0 Å². The quantitative estimate of drug-likeness (QED) is 0.454. The van der Waals surface area contributed by atoms with Crippen molar-refractivity contribution in [2.45, 2.75) is 13.8 Å². The molecule has 0 aliphatic carbocycles. The molecular formula is C9H13N. The van der Waals surface area contributed by atoms with E-state index in [-0.39, 0.29) is 0 Å². The number of rotatable bonds is 3. The standard InChI is InChI=1S/C9H13N/c1-5-9(7(2)3)6-8(4)10/h5-6,10H,1-2H2,3-4H3/b9-6-,10-8?. The van der Waals surface area contributed by atoms with Crippen molar-refractivity contribution in [2.75, 3.05) is 0 Å². The second-order valence-electron chi connectivity index (χ2n) is 2.27. The fraction of sp³-hybridized carbons (Fsp3) is 0.222. The number of hydrogen-bond donors (Lipinski definition) is 1. The normalized spacial score (nSPS) is 10.8. The molecule has 1 N–H and O–H groups in total. The second-order valence-corrected chi connectivity index (χ2v) is 2.27. The van der Waals surface area contributed by atoms with E-state index < -0.39 is 0 Å². The summed E-state index contributed by atoms with van der Waals surface area (Å²) in [5.74, 6) is 0. The molecule has 0 aromatic heterocycles. The van der Waals surface area contributed by atoms with Gasteiger partial charge in [-0.1, -0.05) is 24.8 Å². The highest BCUT2D eigenvalue weighted by Gasteiger charge is 1.90. The van der Waals surface area contributed by atoms with Gasteiger partial charge < -0.3 is 5.41 Å². The van der Waals surface area contributed by atoms with Gasteiger partial charge in [0.05, 0.1) is 0 Å². The van der Waals surface area contributed by atoms with Crippen molar-refractivity contribution in [3.63, 3.8) is 0 Å². The third-order valence-electron chi connectivity index (χ3n) is 1.08. The molecule has 0 amide bonds. The summed E-state index contributed by atoms with van der Waals surface area (Å²) in [5, 5.41) is 7.16. The first kappa shape index (κ1) is 8.89. The van der Waals surface area contributed by atoms with E-state index in [0.717, 1.165) is 11.1 Å². The van der Waals surface area contributed by atoms with Gasteiger partial charge in [-0.25, -0.2) is 0 Å². The number of nitrogens with one attached hydrogen (secondary N) is 1. The summed E-state index contributed by atoms with van der Waals surface area (Å²) in [6.07, 6.45) is 3.45. The van der Waals surface area contributed by atoms with Gasteiger partial charge in [0.15, 0.2) is 0 Å². The van der Waals surface area contributed by atoms with E-state index in [1.807, 2.05) is 6.92 Å². The largest absolute Gasteiger partial charge is 0.306 e. The average molecular weight is 135 g/mol. The van der Waals surface area contributed by atoms with Crippen LogP contribution in [0.4, 0.5) is 0 Å². The summed E-state index contributed by atoms with van der Waals surface area (Å²) in [7, 11) is 0. The van der Waals surface area contributed by atoms with Gasteiger partial charge in [0.2, 0.25) is 0 Å². The Hall–Kier alpha value is -1.11. The molecule has 1 heteroatoms. The highest BCUT2D eigenvalue weighted by Crippen LogP contribution is 2.06. The first-order valence-electron chi connectivity index (χ1n) is 3.13. The van der Waals surface area contributed by atoms with Crippen LogP contribution in [-0.2, 0) is 0 Å². The summed E-state index contributed by atoms with van der Waals surface area (Å²) in [4.78, 5) is 0. The molecule has 0 fully saturated rings. The first-order valence-corrected chi connectivity index (χ1v) is 3.13. The molecule has 0 unspecified atom stereocenters. The maximum Gasteiger partial charge on any atom is 0.0288 e. The maximum atomic E-state index is 7.16. The topological polar surface area (TPSA) is 23.9 Å². The molecule has 0 aromatic carbocycles. The second kappa shape index (κ2) is 3.83. The molecule has 0 bridgehead atoms. The Morgan fingerprint density at radius 1 is 1.40 bits per heavy atom. The van der Waals surface area contributed by atoms with Crippen LogP contribution < -0.4 is 0 Å². The van der Waals surface area contributed by atoms with Crippen LogP contribution in [0, 0.1) is 5.41 Å². The van der Waals surface area contributed by atoms with Gasteiger partial charge in [-0.05, 0) is 25.5 Å². The molecule has 0 heterocycles. The van der Waals surface area contributed by atoms with Gasteiger partial charge in [-0.15, -0.1) is 0 Å². The molecule has 0 spiro atoms. The van der Waals surface area contributed by atoms with Crippen molar-refractivity contribution in [1.29, 1.82) is 5.41 Å². The SMILES string of the molecule is C=C/C(=C/C(C)=N)C(=C)C. The molecule has 0 saturated heterocycles. The van der Waals surface area contributed by atoms with Crippen molar-refractivity contribution in [1.82, 2.24) is 0 Å². The number of hydrogen-bond acceptors (Lipinski definition) is 1. The van der Waals surface area contributed by atoms with Gasteiger partial charge in [0.25, 0.3) is 0 Å². The summed E-state index contributed by atoms with van der Waals surface area (Å²) in [6.45, 7) is 11.0. The van der Waals surface area contributed by atoms with Gasteiger partial charge in [-0.3, -0.25) is 0 Å². The molecule has 0 atom stereocenters. The van der Waals surface area contributed by atoms with Crippen molar-refractivity contribution in [3.8, 4) is 0 Å². The summed E-state index contributed by atoms with van der Waals surface area (Å²) in [6, 6.07) is 0. The third-order valence-corrected chi connectivity index (χ3v) is 1.08. The maximum absolute atomic E-state index is 7.16. The Morgan fingerprint density at radius 3 is 2.00 bits per heavy atom. The predicted molar refractivity (Wildman–Crippen MR) is 46.5 cm³/mol. The monoisotopic (exact) mass is 135 g/mol. The minimum Gasteiger partial charge on any atom is -0.306 e. The molecule has 1 nitrogen and oxygen atoms in total. The lowest BCUT2D eigenvalue weighted by Crippen LogP contribution is -1.85. The Balaban J connectivity index is 4.49. The first-order chi connectivity index (χ1) is 4.57. The van der Waals surface area contributed by atoms with E-state index in [4.69, 9.17) is 5.41 Å². The van der Waals surface area contributed by atoms with E-state index >= 15 is 0 Å². The molecule has 0 aliphatic rings. The van der Waals surface area contributed by atoms with Crippen molar-refractivity contribution in [2.24, 2.45) is 0 Å². The van der Waals surface area contributed by atoms with Crippen LogP contribution in [0.15, 0.2) is 36.5 Å². The van der Waals surface area contributed by atoms with Crippen molar-refractivity contribution >= 4 is 5.71 Å². The molecule has 0 saturated carbocycles. The van der Waals surface area contributed by atoms with Crippen LogP contribution in [0.3, 0.4) is 0 Å². The molecule has 54 valence electrons. The molecule has 0 aliphatic heterocycles. The fourth-order valence-corrected chi connectivity index (χ4v) is 0.590. The van der Waals surface area contributed by atoms with Crippen LogP contribution >= 0.6 is 0 Å². The lowest BCUT2D eigenvalue weighted by Gasteiger charge is -1.97. The predicted octanol–water partition coefficient (Wildman–Crippen LogP) is 2.71. The highest BCUT2D eigenvalue weighted by molar-refractivity contribution is 5.91. The van der Waals surface area contributed by atoms with E-state index in [0.29, 0.717) is 5.71 Å². The minimum absolute atomic E-state index is 0.526. The van der Waals surface area contributed by atoms with Gasteiger partial charge in [0.1, 0.15) is 0 Å². The Labute approximate surface area is 62.3 Å². The van der Waals surface area contributed by atoms with Gasteiger partial charge in [0, 0.05) is 5.71 Å². The van der Waals surface area contributed by atoms with Crippen LogP contribution in [0.25, 0.3) is 0 Å². The Morgan fingerprint density at radius 2 is 1.90 bits per heavy atom. The zero-order valence-electron chi connectivity index (χ0n) is 6.57. The fourth-order valence-electron chi connectivity index (χ4n) is 0.590. The smallest absolute Gasteiger partial charge is 0.0288 e. The van der Waals surface area contributed by atoms with Crippen molar-refractivity contribution < 1.29 is 0 Å². The summed E-state index contributed by atoms with van der Waals surface area (Å²) >= 11 is 0. The molecule has 10 heavy (non-hydrogen) atoms. The van der Waals surface area contributed by atoms with Gasteiger partial charge in [-0.2, -0.15) is 0 Å². The molecular weight excluding hydrogens is 122 g/mol. The minimum atomic E-state index is 0.526. The lowest BCUT2D eigenvalue weighted by molar-refractivity contribution is 1.43. The summed E-state index contributed by atoms with van der Waals surface area (Å²) < 4.78 is 0. The average Bonchev–Trinajstić information content (AvgIpc) is 1.81. The highest BCUT2D eigenvalue weighted by atomic mass is 14.4. The van der Waals surface area contributed by atoms with E-state index in [9.17, 15) is 0 Å². The molecule has 0 rings (SSSR count). The van der Waals surface area contributed by atoms with Crippen LogP contribution in [0.1, 0.15) is 13.8 Å². The molecule has 0 radical (unpaired) electrons. The van der Waals surface area contributed by atoms with Gasteiger partial charge >= 0.3 is 0 Å². The summed E-state index contributed by atoms with van der Waals surface area (Å²) in [5.41, 5.74) is 2.41. The Bertz CT molecular complexity index is 197. The lowest BCUT2D eigenvalue weighted by atomic mass is 10.1. The van der Waals surface area contributed by atoms with Crippen LogP contribution in [0.2, 0.25) is 0 Å². The van der Waals surface area contributed by atoms with Crippen molar-refractivity contribution in [3.05, 3.63) is 36.5 Å². The zero-order chi connectivity index (χ0) is 8.15. The number of allylic oxidation sites excluding steroid dienone is 4. The zero-order valence-corrected chi connectivity index (χ0v) is 6.57. The van der Waals surface area contributed by atoms with E-state index in [1.165, 1.54) is 0 Å². The van der Waals surface area contributed by atoms with Crippen LogP contribution in [-0.4, -0.2) is 5.71 Å². The van der Waals surface area contributed by atoms with E-state index in [1.54, 1.807) is 19.1 Å². The molecule has 0 aromatic rings. The van der Waals surface area contributed by atoms with E-state index in [2.05, 4.69) is 13.2 Å². The Kier molecular flexibility index (Phi) is 3.40.